The molecule has 4 rings (SSSR count). The summed E-state index contributed by atoms with van der Waals surface area (Å²) in [6.07, 6.45) is 0.822. The molecule has 0 radical (unpaired) electrons. The van der Waals surface area contributed by atoms with Crippen LogP contribution in [-0.2, 0) is 16.0 Å². The Hall–Kier alpha value is -3.01. The topological polar surface area (TPSA) is 90.5 Å². The van der Waals surface area contributed by atoms with Crippen LogP contribution < -0.4 is 16.0 Å². The lowest BCUT2D eigenvalue weighted by molar-refractivity contribution is -0.147. The highest BCUT2D eigenvalue weighted by Gasteiger charge is 2.48. The van der Waals surface area contributed by atoms with Crippen molar-refractivity contribution in [1.29, 1.82) is 0 Å². The summed E-state index contributed by atoms with van der Waals surface area (Å²) < 4.78 is 26.7. The average Bonchev–Trinajstić information content (AvgIpc) is 3.32. The zero-order chi connectivity index (χ0) is 20.5. The number of halogens is 2. The fourth-order valence-corrected chi connectivity index (χ4v) is 4.47. The maximum atomic E-state index is 13.7. The van der Waals surface area contributed by atoms with Crippen LogP contribution in [0, 0.1) is 11.6 Å². The van der Waals surface area contributed by atoms with E-state index in [2.05, 4.69) is 16.0 Å². The normalized spacial score (nSPS) is 23.5. The number of thiophene rings is 1. The third-order valence-corrected chi connectivity index (χ3v) is 5.94. The molecule has 152 valence electrons. The number of hydrogen-bond acceptors (Lipinski definition) is 4. The average molecular weight is 420 g/mol. The third-order valence-electron chi connectivity index (χ3n) is 5.05. The van der Waals surface area contributed by atoms with Crippen molar-refractivity contribution >= 4 is 34.9 Å². The number of urea groups is 1. The maximum absolute atomic E-state index is 13.7. The Balaban J connectivity index is 1.40. The molecule has 7 nitrogen and oxygen atoms in total. The fraction of sp³-hybridized carbons (Fsp3) is 0.316. The van der Waals surface area contributed by atoms with E-state index in [4.69, 9.17) is 0 Å². The number of benzene rings is 1. The summed E-state index contributed by atoms with van der Waals surface area (Å²) in [4.78, 5) is 40.1. The first-order chi connectivity index (χ1) is 13.9. The van der Waals surface area contributed by atoms with Gasteiger partial charge in [-0.05, 0) is 30.0 Å². The third kappa shape index (κ3) is 3.93. The largest absolute Gasteiger partial charge is 0.342 e. The first-order valence-electron chi connectivity index (χ1n) is 9.08. The number of hydrogen-bond donors (Lipinski definition) is 3. The number of nitrogens with one attached hydrogen (secondary N) is 3. The quantitative estimate of drug-likeness (QED) is 0.705. The molecule has 0 saturated carbocycles. The van der Waals surface area contributed by atoms with Crippen molar-refractivity contribution in [2.75, 3.05) is 11.9 Å². The molecule has 3 unspecified atom stereocenters. The Bertz CT molecular complexity index is 953. The summed E-state index contributed by atoms with van der Waals surface area (Å²) in [5.41, 5.74) is -0.182. The minimum atomic E-state index is -0.907. The summed E-state index contributed by atoms with van der Waals surface area (Å²) >= 11 is 1.52. The van der Waals surface area contributed by atoms with Gasteiger partial charge >= 0.3 is 6.03 Å². The number of carbonyl (C=O) groups excluding carboxylic acids is 3. The lowest BCUT2D eigenvalue weighted by Crippen LogP contribution is -2.65. The fourth-order valence-electron chi connectivity index (χ4n) is 3.72. The van der Waals surface area contributed by atoms with Gasteiger partial charge in [-0.15, -0.1) is 11.3 Å². The van der Waals surface area contributed by atoms with Crippen molar-refractivity contribution in [1.82, 2.24) is 15.5 Å². The lowest BCUT2D eigenvalue weighted by Gasteiger charge is -2.36. The molecular weight excluding hydrogens is 402 g/mol. The molecule has 1 aromatic carbocycles. The minimum Gasteiger partial charge on any atom is -0.342 e. The first-order valence-corrected chi connectivity index (χ1v) is 9.96. The van der Waals surface area contributed by atoms with E-state index in [1.807, 2.05) is 17.5 Å². The van der Waals surface area contributed by atoms with Gasteiger partial charge in [0.15, 0.2) is 0 Å². The molecule has 0 spiro atoms. The zero-order valence-electron chi connectivity index (χ0n) is 15.2. The van der Waals surface area contributed by atoms with E-state index in [0.29, 0.717) is 25.5 Å². The molecule has 2 aliphatic heterocycles. The molecule has 4 amide bonds. The van der Waals surface area contributed by atoms with Crippen molar-refractivity contribution < 1.29 is 23.2 Å². The highest BCUT2D eigenvalue weighted by Crippen LogP contribution is 2.25. The molecule has 3 N–H and O–H groups in total. The van der Waals surface area contributed by atoms with Gasteiger partial charge in [0.2, 0.25) is 11.8 Å². The van der Waals surface area contributed by atoms with Crippen LogP contribution in [0.1, 0.15) is 11.3 Å². The molecule has 2 aromatic rings. The van der Waals surface area contributed by atoms with Crippen LogP contribution >= 0.6 is 11.3 Å². The van der Waals surface area contributed by atoms with Crippen molar-refractivity contribution in [2.45, 2.75) is 31.0 Å². The highest BCUT2D eigenvalue weighted by molar-refractivity contribution is 7.09. The van der Waals surface area contributed by atoms with Gasteiger partial charge in [0.05, 0.1) is 11.7 Å². The Morgan fingerprint density at radius 1 is 1.28 bits per heavy atom. The first kappa shape index (κ1) is 19.3. The Morgan fingerprint density at radius 2 is 2.10 bits per heavy atom. The van der Waals surface area contributed by atoms with Crippen LogP contribution in [0.15, 0.2) is 35.7 Å². The lowest BCUT2D eigenvalue weighted by atomic mass is 10.0. The van der Waals surface area contributed by atoms with Crippen LogP contribution in [0.3, 0.4) is 0 Å². The van der Waals surface area contributed by atoms with E-state index < -0.39 is 35.8 Å². The monoisotopic (exact) mass is 420 g/mol. The van der Waals surface area contributed by atoms with Gasteiger partial charge in [0.25, 0.3) is 0 Å². The van der Waals surface area contributed by atoms with Crippen LogP contribution in [0.25, 0.3) is 0 Å². The van der Waals surface area contributed by atoms with Gasteiger partial charge in [-0.3, -0.25) is 9.59 Å². The second-order valence-corrected chi connectivity index (χ2v) is 7.97. The summed E-state index contributed by atoms with van der Waals surface area (Å²) in [7, 11) is 0. The van der Waals surface area contributed by atoms with Crippen molar-refractivity contribution in [3.63, 3.8) is 0 Å². The number of fused-ring (bicyclic) bond motifs is 1. The van der Waals surface area contributed by atoms with Gasteiger partial charge in [-0.2, -0.15) is 0 Å². The van der Waals surface area contributed by atoms with Crippen LogP contribution in [0.4, 0.5) is 19.3 Å². The van der Waals surface area contributed by atoms with Gasteiger partial charge in [-0.1, -0.05) is 6.07 Å². The summed E-state index contributed by atoms with van der Waals surface area (Å²) in [5.74, 6) is -2.18. The molecular formula is C19H18F2N4O3S. The van der Waals surface area contributed by atoms with Crippen LogP contribution in [0.5, 0.6) is 0 Å². The number of rotatable bonds is 4. The molecule has 2 aliphatic rings. The highest BCUT2D eigenvalue weighted by atomic mass is 32.1. The number of amides is 4. The molecule has 2 saturated heterocycles. The van der Waals surface area contributed by atoms with E-state index in [0.717, 1.165) is 17.0 Å². The predicted molar refractivity (Wildman–Crippen MR) is 102 cm³/mol. The maximum Gasteiger partial charge on any atom is 0.319 e. The van der Waals surface area contributed by atoms with Crippen LogP contribution in [0.2, 0.25) is 0 Å². The second-order valence-electron chi connectivity index (χ2n) is 6.94. The number of anilines is 1. The molecule has 2 fully saturated rings. The van der Waals surface area contributed by atoms with Gasteiger partial charge in [0, 0.05) is 23.9 Å². The molecule has 0 bridgehead atoms. The van der Waals surface area contributed by atoms with Gasteiger partial charge in [0.1, 0.15) is 23.7 Å². The number of carbonyl (C=O) groups is 3. The smallest absolute Gasteiger partial charge is 0.319 e. The van der Waals surface area contributed by atoms with Gasteiger partial charge in [-0.25, -0.2) is 13.6 Å². The summed E-state index contributed by atoms with van der Waals surface area (Å²) in [6.45, 7) is 0.341. The second kappa shape index (κ2) is 7.78. The molecule has 0 aliphatic carbocycles. The van der Waals surface area contributed by atoms with Gasteiger partial charge < -0.3 is 20.9 Å². The van der Waals surface area contributed by atoms with E-state index >= 15 is 0 Å². The SMILES string of the molecule is O=C(Nc1ccc(F)cc1F)NC1CCN2C(=O)C(Cc3cccs3)NC(=O)C12. The van der Waals surface area contributed by atoms with E-state index in [1.165, 1.54) is 16.2 Å². The molecule has 1 aromatic heterocycles. The predicted octanol–water partition coefficient (Wildman–Crippen LogP) is 1.86. The Morgan fingerprint density at radius 3 is 2.83 bits per heavy atom. The minimum absolute atomic E-state index is 0.182. The Kier molecular flexibility index (Phi) is 5.18. The zero-order valence-corrected chi connectivity index (χ0v) is 16.0. The van der Waals surface area contributed by atoms with E-state index in [9.17, 15) is 23.2 Å². The van der Waals surface area contributed by atoms with Crippen molar-refractivity contribution in [3.05, 3.63) is 52.2 Å². The van der Waals surface area contributed by atoms with Crippen molar-refractivity contribution in [3.8, 4) is 0 Å². The number of piperazine rings is 1. The molecule has 29 heavy (non-hydrogen) atoms. The Labute approximate surface area is 169 Å². The standard InChI is InChI=1S/C19H18F2N4O3S/c20-10-3-4-13(12(21)8-10)23-19(28)24-14-5-6-25-16(14)17(26)22-15(18(25)27)9-11-2-1-7-29-11/h1-4,7-8,14-16H,5-6,9H2,(H,22,26)(H2,23,24,28). The molecule has 10 heteroatoms. The van der Waals surface area contributed by atoms with E-state index in [1.54, 1.807) is 0 Å². The summed E-state index contributed by atoms with van der Waals surface area (Å²) in [5, 5.41) is 9.57. The summed E-state index contributed by atoms with van der Waals surface area (Å²) in [6, 6.07) is 3.81. The van der Waals surface area contributed by atoms with Crippen LogP contribution in [-0.4, -0.2) is 47.4 Å². The number of nitrogens with zero attached hydrogens (tertiary/aromatic N) is 1. The van der Waals surface area contributed by atoms with E-state index in [-0.39, 0.29) is 17.5 Å². The van der Waals surface area contributed by atoms with Crippen molar-refractivity contribution in [2.24, 2.45) is 0 Å². The molecule has 3 atom stereocenters. The molecule has 3 heterocycles.